The first-order valence-electron chi connectivity index (χ1n) is 6.24. The van der Waals surface area contributed by atoms with Gasteiger partial charge in [0.15, 0.2) is 0 Å². The predicted octanol–water partition coefficient (Wildman–Crippen LogP) is 3.42. The van der Waals surface area contributed by atoms with Crippen molar-refractivity contribution < 1.29 is 4.84 Å². The SMILES string of the molecule is c1ccc(CC2CC(c3ccccc3)=NO2)cc1. The molecule has 1 atom stereocenters. The molecule has 2 heteroatoms. The fraction of sp³-hybridized carbons (Fsp3) is 0.188. The van der Waals surface area contributed by atoms with Crippen molar-refractivity contribution in [3.63, 3.8) is 0 Å². The molecule has 18 heavy (non-hydrogen) atoms. The third-order valence-electron chi connectivity index (χ3n) is 3.15. The first-order chi connectivity index (χ1) is 8.92. The zero-order valence-corrected chi connectivity index (χ0v) is 10.1. The van der Waals surface area contributed by atoms with E-state index in [4.69, 9.17) is 4.84 Å². The summed E-state index contributed by atoms with van der Waals surface area (Å²) in [7, 11) is 0. The van der Waals surface area contributed by atoms with E-state index in [1.807, 2.05) is 24.3 Å². The molecule has 0 aliphatic carbocycles. The zero-order chi connectivity index (χ0) is 12.2. The maximum Gasteiger partial charge on any atom is 0.137 e. The van der Waals surface area contributed by atoms with E-state index in [-0.39, 0.29) is 6.10 Å². The van der Waals surface area contributed by atoms with Gasteiger partial charge in [-0.25, -0.2) is 0 Å². The Hall–Kier alpha value is -2.09. The van der Waals surface area contributed by atoms with Gasteiger partial charge in [0.1, 0.15) is 6.10 Å². The molecule has 90 valence electrons. The highest BCUT2D eigenvalue weighted by atomic mass is 16.6. The average molecular weight is 237 g/mol. The van der Waals surface area contributed by atoms with Crippen LogP contribution in [0.4, 0.5) is 0 Å². The van der Waals surface area contributed by atoms with E-state index >= 15 is 0 Å². The molecular weight excluding hydrogens is 222 g/mol. The predicted molar refractivity (Wildman–Crippen MR) is 72.6 cm³/mol. The molecule has 3 rings (SSSR count). The summed E-state index contributed by atoms with van der Waals surface area (Å²) < 4.78 is 0. The molecule has 0 radical (unpaired) electrons. The molecule has 0 aromatic heterocycles. The molecule has 1 unspecified atom stereocenters. The van der Waals surface area contributed by atoms with Crippen molar-refractivity contribution in [2.75, 3.05) is 0 Å². The van der Waals surface area contributed by atoms with Crippen LogP contribution in [-0.4, -0.2) is 11.8 Å². The van der Waals surface area contributed by atoms with Crippen LogP contribution in [0.5, 0.6) is 0 Å². The van der Waals surface area contributed by atoms with Gasteiger partial charge in [0.25, 0.3) is 0 Å². The van der Waals surface area contributed by atoms with Crippen LogP contribution in [0, 0.1) is 0 Å². The van der Waals surface area contributed by atoms with Gasteiger partial charge in [-0.15, -0.1) is 0 Å². The van der Waals surface area contributed by atoms with Gasteiger partial charge in [-0.2, -0.15) is 0 Å². The fourth-order valence-electron chi connectivity index (χ4n) is 2.22. The molecule has 1 aliphatic rings. The lowest BCUT2D eigenvalue weighted by Gasteiger charge is -2.07. The first kappa shape index (κ1) is 11.0. The Bertz CT molecular complexity index is 534. The molecule has 0 saturated carbocycles. The van der Waals surface area contributed by atoms with Crippen LogP contribution in [0.2, 0.25) is 0 Å². The van der Waals surface area contributed by atoms with E-state index in [1.54, 1.807) is 0 Å². The quantitative estimate of drug-likeness (QED) is 0.801. The van der Waals surface area contributed by atoms with Crippen molar-refractivity contribution in [1.29, 1.82) is 0 Å². The molecular formula is C16H15NO. The van der Waals surface area contributed by atoms with Crippen LogP contribution in [0.1, 0.15) is 17.5 Å². The number of hydrogen-bond donors (Lipinski definition) is 0. The molecule has 0 bridgehead atoms. The van der Waals surface area contributed by atoms with Crippen molar-refractivity contribution in [3.8, 4) is 0 Å². The summed E-state index contributed by atoms with van der Waals surface area (Å²) in [5, 5.41) is 4.20. The van der Waals surface area contributed by atoms with Crippen molar-refractivity contribution in [3.05, 3.63) is 71.8 Å². The summed E-state index contributed by atoms with van der Waals surface area (Å²) in [5.41, 5.74) is 3.51. The summed E-state index contributed by atoms with van der Waals surface area (Å²) in [6.07, 6.45) is 1.97. The summed E-state index contributed by atoms with van der Waals surface area (Å²) in [6.45, 7) is 0. The monoisotopic (exact) mass is 237 g/mol. The van der Waals surface area contributed by atoms with E-state index in [2.05, 4.69) is 41.6 Å². The zero-order valence-electron chi connectivity index (χ0n) is 10.1. The van der Waals surface area contributed by atoms with Crippen LogP contribution < -0.4 is 0 Å². The second kappa shape index (κ2) is 5.05. The molecule has 0 N–H and O–H groups in total. The highest BCUT2D eigenvalue weighted by Gasteiger charge is 2.22. The number of hydrogen-bond acceptors (Lipinski definition) is 2. The van der Waals surface area contributed by atoms with Crippen LogP contribution in [0.3, 0.4) is 0 Å². The van der Waals surface area contributed by atoms with Gasteiger partial charge in [0, 0.05) is 12.8 Å². The Kier molecular flexibility index (Phi) is 3.09. The molecule has 0 saturated heterocycles. The van der Waals surface area contributed by atoms with Crippen molar-refractivity contribution in [1.82, 2.24) is 0 Å². The average Bonchev–Trinajstić information content (AvgIpc) is 2.89. The van der Waals surface area contributed by atoms with Crippen molar-refractivity contribution in [2.45, 2.75) is 18.9 Å². The molecule has 0 fully saturated rings. The van der Waals surface area contributed by atoms with Gasteiger partial charge < -0.3 is 4.84 Å². The minimum Gasteiger partial charge on any atom is -0.391 e. The summed E-state index contributed by atoms with van der Waals surface area (Å²) in [6, 6.07) is 20.6. The lowest BCUT2D eigenvalue weighted by molar-refractivity contribution is 0.0859. The first-order valence-corrected chi connectivity index (χ1v) is 6.24. The highest BCUT2D eigenvalue weighted by molar-refractivity contribution is 6.01. The van der Waals surface area contributed by atoms with E-state index in [1.165, 1.54) is 5.56 Å². The Morgan fingerprint density at radius 3 is 2.33 bits per heavy atom. The third kappa shape index (κ3) is 2.43. The molecule has 0 spiro atoms. The van der Waals surface area contributed by atoms with E-state index in [9.17, 15) is 0 Å². The van der Waals surface area contributed by atoms with Crippen molar-refractivity contribution >= 4 is 5.71 Å². The van der Waals surface area contributed by atoms with Crippen LogP contribution >= 0.6 is 0 Å². The third-order valence-corrected chi connectivity index (χ3v) is 3.15. The standard InChI is InChI=1S/C16H15NO/c1-3-7-13(8-4-1)11-15-12-16(17-18-15)14-9-5-2-6-10-14/h1-10,15H,11-12H2. The lowest BCUT2D eigenvalue weighted by atomic mass is 10.0. The van der Waals surface area contributed by atoms with E-state index in [0.29, 0.717) is 0 Å². The Morgan fingerprint density at radius 1 is 0.944 bits per heavy atom. The molecule has 1 aliphatic heterocycles. The molecule has 2 aromatic carbocycles. The Balaban J connectivity index is 1.65. The maximum atomic E-state index is 5.51. The number of oxime groups is 1. The van der Waals surface area contributed by atoms with Crippen LogP contribution in [0.15, 0.2) is 65.8 Å². The summed E-state index contributed by atoms with van der Waals surface area (Å²) in [5.74, 6) is 0. The van der Waals surface area contributed by atoms with Gasteiger partial charge in [0.2, 0.25) is 0 Å². The molecule has 0 amide bonds. The van der Waals surface area contributed by atoms with Gasteiger partial charge >= 0.3 is 0 Å². The summed E-state index contributed by atoms with van der Waals surface area (Å²) in [4.78, 5) is 5.51. The smallest absolute Gasteiger partial charge is 0.137 e. The van der Waals surface area contributed by atoms with Gasteiger partial charge in [0.05, 0.1) is 5.71 Å². The van der Waals surface area contributed by atoms with E-state index in [0.717, 1.165) is 24.1 Å². The number of rotatable bonds is 3. The Labute approximate surface area is 107 Å². The normalized spacial score (nSPS) is 18.2. The molecule has 2 nitrogen and oxygen atoms in total. The minimum atomic E-state index is 0.169. The van der Waals surface area contributed by atoms with Crippen molar-refractivity contribution in [2.24, 2.45) is 5.16 Å². The second-order valence-corrected chi connectivity index (χ2v) is 4.53. The highest BCUT2D eigenvalue weighted by Crippen LogP contribution is 2.19. The van der Waals surface area contributed by atoms with Gasteiger partial charge in [-0.3, -0.25) is 0 Å². The van der Waals surface area contributed by atoms with Crippen LogP contribution in [-0.2, 0) is 11.3 Å². The lowest BCUT2D eigenvalue weighted by Crippen LogP contribution is -2.11. The molecule has 1 heterocycles. The van der Waals surface area contributed by atoms with E-state index < -0.39 is 0 Å². The topological polar surface area (TPSA) is 21.6 Å². The van der Waals surface area contributed by atoms with Gasteiger partial charge in [-0.1, -0.05) is 65.8 Å². The number of benzene rings is 2. The van der Waals surface area contributed by atoms with Gasteiger partial charge in [-0.05, 0) is 11.1 Å². The van der Waals surface area contributed by atoms with Crippen LogP contribution in [0.25, 0.3) is 0 Å². The molecule has 2 aromatic rings. The largest absolute Gasteiger partial charge is 0.391 e. The maximum absolute atomic E-state index is 5.51. The number of nitrogens with zero attached hydrogens (tertiary/aromatic N) is 1. The fourth-order valence-corrected chi connectivity index (χ4v) is 2.22. The second-order valence-electron chi connectivity index (χ2n) is 4.53. The Morgan fingerprint density at radius 2 is 1.61 bits per heavy atom. The minimum absolute atomic E-state index is 0.169. The summed E-state index contributed by atoms with van der Waals surface area (Å²) >= 11 is 0.